The van der Waals surface area contributed by atoms with Crippen LogP contribution in [0, 0.1) is 5.92 Å². The molecule has 58 heavy (non-hydrogen) atoms. The van der Waals surface area contributed by atoms with E-state index in [1.807, 2.05) is 10.8 Å². The quantitative estimate of drug-likeness (QED) is 0.114. The van der Waals surface area contributed by atoms with Gasteiger partial charge in [-0.1, -0.05) is 25.5 Å². The van der Waals surface area contributed by atoms with Gasteiger partial charge in [-0.3, -0.25) is 19.1 Å². The fraction of sp³-hybridized carbons (Fsp3) is 0.559. The van der Waals surface area contributed by atoms with E-state index in [0.29, 0.717) is 29.8 Å². The van der Waals surface area contributed by atoms with Crippen molar-refractivity contribution in [2.45, 2.75) is 76.6 Å². The summed E-state index contributed by atoms with van der Waals surface area (Å²) in [5, 5.41) is 27.2. The number of nitrogens with one attached hydrogen (secondary N) is 1. The minimum Gasteiger partial charge on any atom is -0.475 e. The van der Waals surface area contributed by atoms with Crippen LogP contribution in [0.25, 0.3) is 21.8 Å². The SMILES string of the molecule is CCCCNc1ncc2c3ccc(CN4CCN(C)CC4)cc3c(=O)n(C3CCC(C(N)=O)CC3)c2n1.O=C(O)C(F)(F)F.O=C(O)C(F)(F)F.O=C(O)C(F)(F)F. The van der Waals surface area contributed by atoms with E-state index in [1.165, 1.54) is 0 Å². The van der Waals surface area contributed by atoms with Gasteiger partial charge in [0.05, 0.1) is 0 Å². The van der Waals surface area contributed by atoms with E-state index in [0.717, 1.165) is 81.3 Å². The van der Waals surface area contributed by atoms with Crippen molar-refractivity contribution in [2.75, 3.05) is 45.1 Å². The molecule has 1 aliphatic heterocycles. The molecule has 1 aliphatic carbocycles. The van der Waals surface area contributed by atoms with Gasteiger partial charge in [0.25, 0.3) is 5.56 Å². The van der Waals surface area contributed by atoms with Crippen LogP contribution in [0.4, 0.5) is 45.5 Å². The monoisotopic (exact) mass is 847 g/mol. The Labute approximate surface area is 323 Å². The van der Waals surface area contributed by atoms with Gasteiger partial charge in [0, 0.05) is 68.2 Å². The molecule has 3 heterocycles. The number of aliphatic carboxylic acids is 3. The summed E-state index contributed by atoms with van der Waals surface area (Å²) in [5.41, 5.74) is 7.39. The van der Waals surface area contributed by atoms with Crippen LogP contribution in [0.15, 0.2) is 29.2 Å². The second-order valence-electron chi connectivity index (χ2n) is 13.2. The van der Waals surface area contributed by atoms with Crippen molar-refractivity contribution in [3.8, 4) is 0 Å². The van der Waals surface area contributed by atoms with Crippen LogP contribution in [0.2, 0.25) is 0 Å². The second-order valence-corrected chi connectivity index (χ2v) is 13.2. The number of fused-ring (bicyclic) bond motifs is 3. The van der Waals surface area contributed by atoms with E-state index >= 15 is 0 Å². The molecule has 1 saturated carbocycles. The van der Waals surface area contributed by atoms with Gasteiger partial charge in [0.1, 0.15) is 5.65 Å². The predicted molar refractivity (Wildman–Crippen MR) is 189 cm³/mol. The molecule has 2 aliphatic rings. The molecule has 1 saturated heterocycles. The summed E-state index contributed by atoms with van der Waals surface area (Å²) < 4.78 is 97.1. The summed E-state index contributed by atoms with van der Waals surface area (Å²) in [6.45, 7) is 7.95. The molecule has 0 spiro atoms. The maximum absolute atomic E-state index is 14.1. The van der Waals surface area contributed by atoms with Crippen LogP contribution in [-0.2, 0) is 25.7 Å². The lowest BCUT2D eigenvalue weighted by Gasteiger charge is -2.32. The highest BCUT2D eigenvalue weighted by atomic mass is 19.4. The highest BCUT2D eigenvalue weighted by Gasteiger charge is 2.39. The number of likely N-dealkylation sites (N-methyl/N-ethyl adjacent to an activating group) is 1. The zero-order valence-electron chi connectivity index (χ0n) is 31.0. The highest BCUT2D eigenvalue weighted by Crippen LogP contribution is 2.34. The first-order chi connectivity index (χ1) is 26.8. The number of piperazine rings is 1. The minimum absolute atomic E-state index is 0.0107. The highest BCUT2D eigenvalue weighted by molar-refractivity contribution is 6.04. The molecule has 6 N–H and O–H groups in total. The number of carboxylic acid groups (broad SMARTS) is 3. The van der Waals surface area contributed by atoms with Crippen molar-refractivity contribution >= 4 is 51.6 Å². The number of carbonyl (C=O) groups is 4. The Kier molecular flexibility index (Phi) is 17.7. The molecule has 2 fully saturated rings. The van der Waals surface area contributed by atoms with Crippen LogP contribution in [0.5, 0.6) is 0 Å². The van der Waals surface area contributed by atoms with E-state index in [4.69, 9.17) is 40.4 Å². The second kappa shape index (κ2) is 20.9. The molecular formula is C34H42F9N7O8. The molecule has 0 unspecified atom stereocenters. The smallest absolute Gasteiger partial charge is 0.475 e. The van der Waals surface area contributed by atoms with Crippen LogP contribution in [-0.4, -0.2) is 122 Å². The Morgan fingerprint density at radius 2 is 1.31 bits per heavy atom. The van der Waals surface area contributed by atoms with Gasteiger partial charge in [0.15, 0.2) is 0 Å². The van der Waals surface area contributed by atoms with Gasteiger partial charge >= 0.3 is 36.4 Å². The minimum atomic E-state index is -5.08. The first-order valence-corrected chi connectivity index (χ1v) is 17.5. The molecule has 3 aromatic rings. The molecule has 0 bridgehead atoms. The number of hydrogen-bond donors (Lipinski definition) is 5. The van der Waals surface area contributed by atoms with Crippen LogP contribution in [0.3, 0.4) is 0 Å². The Morgan fingerprint density at radius 3 is 1.76 bits per heavy atom. The van der Waals surface area contributed by atoms with Crippen molar-refractivity contribution in [3.05, 3.63) is 40.3 Å². The zero-order valence-corrected chi connectivity index (χ0v) is 31.0. The fourth-order valence-electron chi connectivity index (χ4n) is 5.76. The normalized spacial score (nSPS) is 17.8. The summed E-state index contributed by atoms with van der Waals surface area (Å²) >= 11 is 0. The van der Waals surface area contributed by atoms with Crippen LogP contribution >= 0.6 is 0 Å². The first-order valence-electron chi connectivity index (χ1n) is 17.5. The third-order valence-corrected chi connectivity index (χ3v) is 8.83. The third kappa shape index (κ3) is 14.9. The molecular weight excluding hydrogens is 805 g/mol. The number of pyridine rings is 1. The molecule has 2 aromatic heterocycles. The Balaban J connectivity index is 0.000000453. The fourth-order valence-corrected chi connectivity index (χ4v) is 5.76. The van der Waals surface area contributed by atoms with Crippen molar-refractivity contribution in [2.24, 2.45) is 11.7 Å². The molecule has 15 nitrogen and oxygen atoms in total. The van der Waals surface area contributed by atoms with Crippen molar-refractivity contribution in [3.63, 3.8) is 0 Å². The van der Waals surface area contributed by atoms with Gasteiger partial charge in [-0.05, 0) is 56.2 Å². The lowest BCUT2D eigenvalue weighted by Crippen LogP contribution is -2.43. The number of benzene rings is 1. The summed E-state index contributed by atoms with van der Waals surface area (Å²) in [6.07, 6.45) is -8.43. The third-order valence-electron chi connectivity index (χ3n) is 8.83. The standard InChI is InChI=1S/C28H39N7O2.3C2HF3O2/c1-3-4-11-30-28-31-17-24-22-10-5-19(18-34-14-12-33(2)13-15-34)16-23(22)27(37)35(26(24)32-28)21-8-6-20(7-9-21)25(29)36;3*3-2(4,5)1(6)7/h5,10,16-17,20-21H,3-4,6-9,11-15,18H2,1-2H3,(H2,29,36)(H,30,31,32);3*(H,6,7). The molecule has 5 rings (SSSR count). The number of rotatable bonds is 8. The number of primary amides is 1. The maximum Gasteiger partial charge on any atom is 0.490 e. The van der Waals surface area contributed by atoms with Crippen molar-refractivity contribution < 1.29 is 74.0 Å². The molecule has 24 heteroatoms. The van der Waals surface area contributed by atoms with E-state index in [9.17, 15) is 49.1 Å². The Bertz CT molecular complexity index is 1880. The lowest BCUT2D eigenvalue weighted by molar-refractivity contribution is -0.193. The predicted octanol–water partition coefficient (Wildman–Crippen LogP) is 5.02. The number of carboxylic acids is 3. The number of anilines is 1. The Morgan fingerprint density at radius 1 is 0.810 bits per heavy atom. The topological polar surface area (TPSA) is 221 Å². The van der Waals surface area contributed by atoms with Gasteiger partial charge in [-0.2, -0.15) is 44.5 Å². The zero-order chi connectivity index (χ0) is 44.2. The average molecular weight is 848 g/mol. The molecule has 0 radical (unpaired) electrons. The average Bonchev–Trinajstić information content (AvgIpc) is 3.12. The number of carbonyl (C=O) groups excluding carboxylic acids is 1. The largest absolute Gasteiger partial charge is 0.490 e. The van der Waals surface area contributed by atoms with Crippen molar-refractivity contribution in [1.29, 1.82) is 0 Å². The lowest BCUT2D eigenvalue weighted by atomic mass is 9.85. The number of amides is 1. The number of halogens is 9. The number of unbranched alkanes of at least 4 members (excludes halogenated alkanes) is 1. The van der Waals surface area contributed by atoms with Gasteiger partial charge in [-0.25, -0.2) is 19.4 Å². The molecule has 324 valence electrons. The molecule has 1 aromatic carbocycles. The van der Waals surface area contributed by atoms with Crippen molar-refractivity contribution in [1.82, 2.24) is 24.3 Å². The Hall–Kier alpha value is -5.26. The van der Waals surface area contributed by atoms with E-state index in [2.05, 4.69) is 52.3 Å². The van der Waals surface area contributed by atoms with E-state index in [-0.39, 0.29) is 23.4 Å². The van der Waals surface area contributed by atoms with Gasteiger partial charge < -0.3 is 31.3 Å². The van der Waals surface area contributed by atoms with Gasteiger partial charge in [0.2, 0.25) is 11.9 Å². The summed E-state index contributed by atoms with van der Waals surface area (Å²) in [5.74, 6) is -8.08. The number of aromatic nitrogens is 3. The number of nitrogens with two attached hydrogens (primary N) is 1. The number of hydrogen-bond acceptors (Lipinski definition) is 10. The van der Waals surface area contributed by atoms with E-state index in [1.54, 1.807) is 0 Å². The van der Waals surface area contributed by atoms with Crippen LogP contribution < -0.4 is 16.6 Å². The molecule has 1 amide bonds. The summed E-state index contributed by atoms with van der Waals surface area (Å²) in [7, 11) is 2.16. The maximum atomic E-state index is 14.1. The van der Waals surface area contributed by atoms with Crippen LogP contribution in [0.1, 0.15) is 57.1 Å². The number of nitrogens with zero attached hydrogens (tertiary/aromatic N) is 5. The summed E-state index contributed by atoms with van der Waals surface area (Å²) in [4.78, 5) is 66.8. The summed E-state index contributed by atoms with van der Waals surface area (Å²) in [6, 6.07) is 6.24. The van der Waals surface area contributed by atoms with Gasteiger partial charge in [-0.15, -0.1) is 0 Å². The van der Waals surface area contributed by atoms with E-state index < -0.39 is 36.4 Å². The number of alkyl halides is 9. The first kappa shape index (κ1) is 48.9. The molecule has 0 atom stereocenters.